The van der Waals surface area contributed by atoms with Crippen LogP contribution < -0.4 is 0 Å². The van der Waals surface area contributed by atoms with Gasteiger partial charge in [-0.05, 0) is 31.2 Å². The molecule has 0 saturated heterocycles. The van der Waals surface area contributed by atoms with Crippen LogP contribution in [-0.2, 0) is 14.3 Å². The minimum absolute atomic E-state index is 0.192. The third-order valence-corrected chi connectivity index (χ3v) is 5.43. The normalized spacial score (nSPS) is 10.6. The molecule has 0 aromatic carbocycles. The van der Waals surface area contributed by atoms with Crippen molar-refractivity contribution in [3.8, 4) is 0 Å². The number of esters is 2. The lowest BCUT2D eigenvalue weighted by molar-refractivity contribution is -0.139. The van der Waals surface area contributed by atoms with E-state index >= 15 is 0 Å². The molecular formula is C23H36O4S. The number of thiophene rings is 1. The molecule has 158 valence electrons. The van der Waals surface area contributed by atoms with Gasteiger partial charge in [0.1, 0.15) is 4.88 Å². The van der Waals surface area contributed by atoms with Gasteiger partial charge in [-0.15, -0.1) is 11.3 Å². The molecule has 0 radical (unpaired) electrons. The first kappa shape index (κ1) is 24.4. The number of hydrogen-bond acceptors (Lipinski definition) is 5. The van der Waals surface area contributed by atoms with Crippen molar-refractivity contribution in [3.63, 3.8) is 0 Å². The summed E-state index contributed by atoms with van der Waals surface area (Å²) in [6, 6.07) is 3.67. The van der Waals surface area contributed by atoms with Crippen LogP contribution >= 0.6 is 11.3 Å². The number of carbonyl (C=O) groups excluding carboxylic acids is 2. The van der Waals surface area contributed by atoms with Crippen molar-refractivity contribution in [2.24, 2.45) is 0 Å². The molecule has 0 N–H and O–H groups in total. The van der Waals surface area contributed by atoms with E-state index in [0.29, 0.717) is 23.7 Å². The molecule has 0 aliphatic heterocycles. The summed E-state index contributed by atoms with van der Waals surface area (Å²) in [5, 5.41) is 1.89. The minimum Gasteiger partial charge on any atom is -0.462 e. The monoisotopic (exact) mass is 408 g/mol. The van der Waals surface area contributed by atoms with Crippen LogP contribution in [0.4, 0.5) is 0 Å². The third-order valence-electron chi connectivity index (χ3n) is 4.58. The molecule has 0 saturated carbocycles. The number of ether oxygens (including phenoxy) is 2. The molecule has 0 aliphatic rings. The van der Waals surface area contributed by atoms with Gasteiger partial charge in [0.05, 0.1) is 13.2 Å². The van der Waals surface area contributed by atoms with Gasteiger partial charge in [-0.1, -0.05) is 76.9 Å². The Balaban J connectivity index is 1.75. The Kier molecular flexibility index (Phi) is 14.3. The van der Waals surface area contributed by atoms with Crippen LogP contribution in [0.3, 0.4) is 0 Å². The van der Waals surface area contributed by atoms with Gasteiger partial charge in [-0.2, -0.15) is 0 Å². The van der Waals surface area contributed by atoms with E-state index in [9.17, 15) is 9.59 Å². The van der Waals surface area contributed by atoms with Gasteiger partial charge in [0.2, 0.25) is 0 Å². The van der Waals surface area contributed by atoms with E-state index in [4.69, 9.17) is 9.47 Å². The Morgan fingerprint density at radius 1 is 0.821 bits per heavy atom. The summed E-state index contributed by atoms with van der Waals surface area (Å²) >= 11 is 1.43. The second kappa shape index (κ2) is 16.3. The Morgan fingerprint density at radius 3 is 1.71 bits per heavy atom. The average molecular weight is 409 g/mol. The van der Waals surface area contributed by atoms with Crippen molar-refractivity contribution in [1.29, 1.82) is 0 Å². The number of unbranched alkanes of at least 4 members (excludes halogenated alkanes) is 11. The lowest BCUT2D eigenvalue weighted by atomic mass is 10.1. The SMILES string of the molecule is C=C(C)C(=O)OCCCCCCCCCCCCCCOC(=O)c1cccs1. The largest absolute Gasteiger partial charge is 0.462 e. The molecule has 28 heavy (non-hydrogen) atoms. The molecule has 1 aromatic rings. The lowest BCUT2D eigenvalue weighted by Gasteiger charge is -2.05. The molecular weight excluding hydrogens is 372 g/mol. The average Bonchev–Trinajstić information content (AvgIpc) is 3.22. The van der Waals surface area contributed by atoms with Crippen LogP contribution in [0, 0.1) is 0 Å². The van der Waals surface area contributed by atoms with Crippen molar-refractivity contribution in [2.45, 2.75) is 84.0 Å². The fraction of sp³-hybridized carbons (Fsp3) is 0.652. The fourth-order valence-electron chi connectivity index (χ4n) is 2.89. The van der Waals surface area contributed by atoms with E-state index in [1.165, 1.54) is 62.7 Å². The summed E-state index contributed by atoms with van der Waals surface area (Å²) < 4.78 is 10.3. The smallest absolute Gasteiger partial charge is 0.348 e. The highest BCUT2D eigenvalue weighted by atomic mass is 32.1. The van der Waals surface area contributed by atoms with Gasteiger partial charge < -0.3 is 9.47 Å². The van der Waals surface area contributed by atoms with Crippen molar-refractivity contribution in [1.82, 2.24) is 0 Å². The zero-order chi connectivity index (χ0) is 20.5. The maximum atomic E-state index is 11.7. The Hall–Kier alpha value is -1.62. The van der Waals surface area contributed by atoms with Crippen LogP contribution in [0.5, 0.6) is 0 Å². The molecule has 1 rings (SSSR count). The van der Waals surface area contributed by atoms with Crippen LogP contribution in [-0.4, -0.2) is 25.2 Å². The molecule has 4 nitrogen and oxygen atoms in total. The predicted molar refractivity (Wildman–Crippen MR) is 116 cm³/mol. The van der Waals surface area contributed by atoms with E-state index in [2.05, 4.69) is 6.58 Å². The van der Waals surface area contributed by atoms with Crippen molar-refractivity contribution in [3.05, 3.63) is 34.5 Å². The van der Waals surface area contributed by atoms with E-state index in [-0.39, 0.29) is 11.9 Å². The number of hydrogen-bond donors (Lipinski definition) is 0. The molecule has 0 spiro atoms. The zero-order valence-corrected chi connectivity index (χ0v) is 18.2. The van der Waals surface area contributed by atoms with Crippen LogP contribution in [0.15, 0.2) is 29.7 Å². The van der Waals surface area contributed by atoms with Gasteiger partial charge in [0, 0.05) is 5.57 Å². The van der Waals surface area contributed by atoms with Crippen molar-refractivity contribution in [2.75, 3.05) is 13.2 Å². The molecule has 1 heterocycles. The molecule has 0 amide bonds. The zero-order valence-electron chi connectivity index (χ0n) is 17.4. The molecule has 1 aromatic heterocycles. The fourth-order valence-corrected chi connectivity index (χ4v) is 3.51. The van der Waals surface area contributed by atoms with Gasteiger partial charge in [0.15, 0.2) is 0 Å². The predicted octanol–water partition coefficient (Wildman–Crippen LogP) is 6.71. The minimum atomic E-state index is -0.278. The Labute approximate surface area is 174 Å². The van der Waals surface area contributed by atoms with Crippen molar-refractivity contribution < 1.29 is 19.1 Å². The van der Waals surface area contributed by atoms with Crippen LogP contribution in [0.2, 0.25) is 0 Å². The first-order valence-electron chi connectivity index (χ1n) is 10.6. The Morgan fingerprint density at radius 2 is 1.29 bits per heavy atom. The molecule has 5 heteroatoms. The second-order valence-corrected chi connectivity index (χ2v) is 8.22. The summed E-state index contributed by atoms with van der Waals surface area (Å²) in [6.45, 7) is 6.28. The molecule has 0 atom stereocenters. The summed E-state index contributed by atoms with van der Waals surface area (Å²) in [4.78, 5) is 23.5. The summed E-state index contributed by atoms with van der Waals surface area (Å²) in [7, 11) is 0. The highest BCUT2D eigenvalue weighted by Crippen LogP contribution is 2.13. The Bertz CT molecular complexity index is 551. The third kappa shape index (κ3) is 12.7. The summed E-state index contributed by atoms with van der Waals surface area (Å²) in [6.07, 6.45) is 14.3. The maximum absolute atomic E-state index is 11.7. The molecule has 0 aliphatic carbocycles. The van der Waals surface area contributed by atoms with E-state index < -0.39 is 0 Å². The lowest BCUT2D eigenvalue weighted by Crippen LogP contribution is -2.05. The first-order chi connectivity index (χ1) is 13.6. The first-order valence-corrected chi connectivity index (χ1v) is 11.5. The van der Waals surface area contributed by atoms with Gasteiger partial charge in [0.25, 0.3) is 0 Å². The van der Waals surface area contributed by atoms with E-state index in [0.717, 1.165) is 25.7 Å². The molecule has 0 fully saturated rings. The van der Waals surface area contributed by atoms with Gasteiger partial charge >= 0.3 is 11.9 Å². The maximum Gasteiger partial charge on any atom is 0.348 e. The second-order valence-electron chi connectivity index (χ2n) is 7.27. The summed E-state index contributed by atoms with van der Waals surface area (Å²) in [5.74, 6) is -0.470. The topological polar surface area (TPSA) is 52.6 Å². The standard InChI is InChI=1S/C23H36O4S/c1-20(2)22(24)26-17-13-11-9-7-5-3-4-6-8-10-12-14-18-27-23(25)21-16-15-19-28-21/h15-16,19H,1,3-14,17-18H2,2H3. The van der Waals surface area contributed by atoms with Crippen LogP contribution in [0.1, 0.15) is 93.6 Å². The quantitative estimate of drug-likeness (QED) is 0.163. The van der Waals surface area contributed by atoms with Crippen molar-refractivity contribution >= 4 is 23.3 Å². The van der Waals surface area contributed by atoms with Gasteiger partial charge in [-0.3, -0.25) is 0 Å². The summed E-state index contributed by atoms with van der Waals surface area (Å²) in [5.41, 5.74) is 0.470. The van der Waals surface area contributed by atoms with Gasteiger partial charge in [-0.25, -0.2) is 9.59 Å². The van der Waals surface area contributed by atoms with E-state index in [1.54, 1.807) is 13.0 Å². The van der Waals surface area contributed by atoms with Crippen LogP contribution in [0.25, 0.3) is 0 Å². The number of rotatable bonds is 17. The van der Waals surface area contributed by atoms with E-state index in [1.807, 2.05) is 11.4 Å². The number of carbonyl (C=O) groups is 2. The molecule has 0 bridgehead atoms. The highest BCUT2D eigenvalue weighted by Gasteiger charge is 2.06. The highest BCUT2D eigenvalue weighted by molar-refractivity contribution is 7.11. The molecule has 0 unspecified atom stereocenters.